The summed E-state index contributed by atoms with van der Waals surface area (Å²) < 4.78 is 16.2. The first-order chi connectivity index (χ1) is 14.5. The van der Waals surface area contributed by atoms with Gasteiger partial charge in [0.1, 0.15) is 5.82 Å². The van der Waals surface area contributed by atoms with Crippen molar-refractivity contribution in [2.75, 3.05) is 19.7 Å². The SMILES string of the molecule is Cc1cc(C)n(-c2cccc(CN3CCC[C@](CO)(Cc4ccccc4F)C3)c2)n1. The Morgan fingerprint density at radius 3 is 2.67 bits per heavy atom. The second kappa shape index (κ2) is 8.70. The number of halogens is 1. The maximum Gasteiger partial charge on any atom is 0.126 e. The van der Waals surface area contributed by atoms with E-state index in [0.717, 1.165) is 49.6 Å². The highest BCUT2D eigenvalue weighted by Crippen LogP contribution is 2.34. The van der Waals surface area contributed by atoms with Gasteiger partial charge in [-0.2, -0.15) is 5.10 Å². The molecule has 0 radical (unpaired) electrons. The van der Waals surface area contributed by atoms with Gasteiger partial charge in [0.05, 0.1) is 18.0 Å². The van der Waals surface area contributed by atoms with Crippen LogP contribution in [-0.4, -0.2) is 39.5 Å². The molecule has 4 rings (SSSR count). The van der Waals surface area contributed by atoms with Gasteiger partial charge in [-0.1, -0.05) is 30.3 Å². The Morgan fingerprint density at radius 2 is 1.93 bits per heavy atom. The van der Waals surface area contributed by atoms with Crippen molar-refractivity contribution >= 4 is 0 Å². The molecule has 0 amide bonds. The Kier molecular flexibility index (Phi) is 6.02. The predicted molar refractivity (Wildman–Crippen MR) is 117 cm³/mol. The van der Waals surface area contributed by atoms with Crippen molar-refractivity contribution in [2.24, 2.45) is 5.41 Å². The minimum Gasteiger partial charge on any atom is -0.396 e. The third-order valence-corrected chi connectivity index (χ3v) is 6.17. The van der Waals surface area contributed by atoms with E-state index >= 15 is 0 Å². The number of nitrogens with zero attached hydrogens (tertiary/aromatic N) is 3. The molecule has 1 aliphatic heterocycles. The maximum absolute atomic E-state index is 14.2. The van der Waals surface area contributed by atoms with Crippen LogP contribution in [0.25, 0.3) is 5.69 Å². The van der Waals surface area contributed by atoms with E-state index in [4.69, 9.17) is 0 Å². The van der Waals surface area contributed by atoms with Gasteiger partial charge in [0.15, 0.2) is 0 Å². The molecule has 158 valence electrons. The lowest BCUT2D eigenvalue weighted by atomic mass is 9.75. The third kappa shape index (κ3) is 4.47. The predicted octanol–water partition coefficient (Wildman–Crippen LogP) is 4.45. The van der Waals surface area contributed by atoms with Gasteiger partial charge in [0.2, 0.25) is 0 Å². The van der Waals surface area contributed by atoms with Gasteiger partial charge >= 0.3 is 0 Å². The number of piperidine rings is 1. The second-order valence-electron chi connectivity index (χ2n) is 8.75. The molecule has 1 aromatic heterocycles. The van der Waals surface area contributed by atoms with E-state index in [0.29, 0.717) is 12.0 Å². The molecule has 0 spiro atoms. The molecule has 4 nitrogen and oxygen atoms in total. The minimum atomic E-state index is -0.298. The maximum atomic E-state index is 14.2. The smallest absolute Gasteiger partial charge is 0.126 e. The molecule has 5 heteroatoms. The van der Waals surface area contributed by atoms with Crippen molar-refractivity contribution < 1.29 is 9.50 Å². The monoisotopic (exact) mass is 407 g/mol. The number of likely N-dealkylation sites (tertiary alicyclic amines) is 1. The molecule has 30 heavy (non-hydrogen) atoms. The van der Waals surface area contributed by atoms with E-state index in [-0.39, 0.29) is 17.8 Å². The van der Waals surface area contributed by atoms with Crippen molar-refractivity contribution in [3.8, 4) is 5.69 Å². The van der Waals surface area contributed by atoms with Crippen LogP contribution >= 0.6 is 0 Å². The number of aliphatic hydroxyl groups excluding tert-OH is 1. The van der Waals surface area contributed by atoms with Crippen LogP contribution in [0.15, 0.2) is 54.6 Å². The molecular formula is C25H30FN3O. The molecule has 0 bridgehead atoms. The molecular weight excluding hydrogens is 377 g/mol. The average Bonchev–Trinajstić information content (AvgIpc) is 3.08. The van der Waals surface area contributed by atoms with Crippen molar-refractivity contribution in [3.63, 3.8) is 0 Å². The zero-order valence-electron chi connectivity index (χ0n) is 17.8. The fourth-order valence-corrected chi connectivity index (χ4v) is 4.76. The third-order valence-electron chi connectivity index (χ3n) is 6.17. The van der Waals surface area contributed by atoms with E-state index in [9.17, 15) is 9.50 Å². The highest BCUT2D eigenvalue weighted by atomic mass is 19.1. The summed E-state index contributed by atoms with van der Waals surface area (Å²) in [5, 5.41) is 14.8. The molecule has 1 atom stereocenters. The van der Waals surface area contributed by atoms with Crippen LogP contribution in [0, 0.1) is 25.1 Å². The molecule has 0 saturated carbocycles. The highest BCUT2D eigenvalue weighted by Gasteiger charge is 2.35. The van der Waals surface area contributed by atoms with Crippen LogP contribution in [0.4, 0.5) is 4.39 Å². The molecule has 1 N–H and O–H groups in total. The summed E-state index contributed by atoms with van der Waals surface area (Å²) >= 11 is 0. The Balaban J connectivity index is 1.50. The first kappa shape index (κ1) is 20.8. The van der Waals surface area contributed by atoms with Gasteiger partial charge in [-0.15, -0.1) is 0 Å². The van der Waals surface area contributed by atoms with Gasteiger partial charge in [0.25, 0.3) is 0 Å². The lowest BCUT2D eigenvalue weighted by molar-refractivity contribution is 0.0283. The quantitative estimate of drug-likeness (QED) is 0.657. The molecule has 0 aliphatic carbocycles. The van der Waals surface area contributed by atoms with E-state index < -0.39 is 0 Å². The fourth-order valence-electron chi connectivity index (χ4n) is 4.76. The van der Waals surface area contributed by atoms with Crippen LogP contribution in [0.1, 0.15) is 35.4 Å². The van der Waals surface area contributed by atoms with Gasteiger partial charge in [-0.3, -0.25) is 4.90 Å². The molecule has 1 saturated heterocycles. The van der Waals surface area contributed by atoms with E-state index in [1.807, 2.05) is 23.7 Å². The van der Waals surface area contributed by atoms with Crippen LogP contribution in [-0.2, 0) is 13.0 Å². The number of hydrogen-bond donors (Lipinski definition) is 1. The highest BCUT2D eigenvalue weighted by molar-refractivity contribution is 5.37. The summed E-state index contributed by atoms with van der Waals surface area (Å²) in [6.45, 7) is 6.71. The molecule has 0 unspecified atom stereocenters. The van der Waals surface area contributed by atoms with Crippen LogP contribution in [0.5, 0.6) is 0 Å². The zero-order valence-corrected chi connectivity index (χ0v) is 17.8. The lowest BCUT2D eigenvalue weighted by Gasteiger charge is -2.42. The van der Waals surface area contributed by atoms with Crippen molar-refractivity contribution in [1.82, 2.24) is 14.7 Å². The standard InChI is InChI=1S/C25H30FN3O/c1-19-13-20(2)29(27-19)23-9-5-7-21(14-23)16-28-12-6-11-25(17-28,18-30)15-22-8-3-4-10-24(22)26/h3-5,7-10,13-14,30H,6,11-12,15-18H2,1-2H3/t25-/m0/s1. The number of benzene rings is 2. The average molecular weight is 408 g/mol. The van der Waals surface area contributed by atoms with Gasteiger partial charge < -0.3 is 5.11 Å². The Hall–Kier alpha value is -2.50. The second-order valence-corrected chi connectivity index (χ2v) is 8.75. The molecule has 2 heterocycles. The van der Waals surface area contributed by atoms with Crippen LogP contribution < -0.4 is 0 Å². The van der Waals surface area contributed by atoms with Crippen molar-refractivity contribution in [1.29, 1.82) is 0 Å². The van der Waals surface area contributed by atoms with E-state index in [2.05, 4.69) is 47.3 Å². The Bertz CT molecular complexity index is 1020. The first-order valence-corrected chi connectivity index (χ1v) is 10.7. The zero-order chi connectivity index (χ0) is 21.1. The van der Waals surface area contributed by atoms with Gasteiger partial charge in [-0.25, -0.2) is 9.07 Å². The molecule has 3 aromatic rings. The number of aryl methyl sites for hydroxylation is 2. The largest absolute Gasteiger partial charge is 0.396 e. The Morgan fingerprint density at radius 1 is 1.10 bits per heavy atom. The normalized spacial score (nSPS) is 19.9. The summed E-state index contributed by atoms with van der Waals surface area (Å²) in [7, 11) is 0. The Labute approximate surface area is 178 Å². The summed E-state index contributed by atoms with van der Waals surface area (Å²) in [5.41, 5.74) is 4.81. The van der Waals surface area contributed by atoms with E-state index in [1.165, 1.54) is 11.6 Å². The lowest BCUT2D eigenvalue weighted by Crippen LogP contribution is -2.46. The topological polar surface area (TPSA) is 41.3 Å². The summed E-state index contributed by atoms with van der Waals surface area (Å²) in [6, 6.07) is 17.5. The molecule has 1 aliphatic rings. The van der Waals surface area contributed by atoms with E-state index in [1.54, 1.807) is 6.07 Å². The molecule has 2 aromatic carbocycles. The number of hydrogen-bond acceptors (Lipinski definition) is 3. The number of aliphatic hydroxyl groups is 1. The minimum absolute atomic E-state index is 0.0730. The van der Waals surface area contributed by atoms with Crippen LogP contribution in [0.2, 0.25) is 0 Å². The molecule has 1 fully saturated rings. The van der Waals surface area contributed by atoms with Gasteiger partial charge in [-0.05, 0) is 75.0 Å². The number of rotatable bonds is 6. The van der Waals surface area contributed by atoms with Crippen molar-refractivity contribution in [2.45, 2.75) is 39.7 Å². The van der Waals surface area contributed by atoms with Crippen LogP contribution in [0.3, 0.4) is 0 Å². The fraction of sp³-hybridized carbons (Fsp3) is 0.400. The summed E-state index contributed by atoms with van der Waals surface area (Å²) in [4.78, 5) is 2.39. The van der Waals surface area contributed by atoms with Gasteiger partial charge in [0, 0.05) is 24.2 Å². The van der Waals surface area contributed by atoms with Crippen molar-refractivity contribution in [3.05, 3.63) is 82.9 Å². The summed E-state index contributed by atoms with van der Waals surface area (Å²) in [6.07, 6.45) is 2.49. The first-order valence-electron chi connectivity index (χ1n) is 10.7. The summed E-state index contributed by atoms with van der Waals surface area (Å²) in [5.74, 6) is -0.181. The number of aromatic nitrogens is 2.